The van der Waals surface area contributed by atoms with Gasteiger partial charge in [-0.25, -0.2) is 0 Å². The third kappa shape index (κ3) is 2.73. The third-order valence-corrected chi connectivity index (χ3v) is 5.66. The Kier molecular flexibility index (Phi) is 4.32. The molecule has 3 fully saturated rings. The number of carbonyl (C=O) groups excluding carboxylic acids is 1. The molecule has 4 heteroatoms. The average Bonchev–Trinajstić information content (AvgIpc) is 2.70. The van der Waals surface area contributed by atoms with E-state index in [1.165, 1.54) is 32.1 Å². The van der Waals surface area contributed by atoms with Crippen molar-refractivity contribution >= 4 is 5.91 Å². The summed E-state index contributed by atoms with van der Waals surface area (Å²) in [5.41, 5.74) is 6.11. The lowest BCUT2D eigenvalue weighted by atomic mass is 9.97. The van der Waals surface area contributed by atoms with E-state index in [1.54, 1.807) is 0 Å². The van der Waals surface area contributed by atoms with E-state index < -0.39 is 0 Å². The summed E-state index contributed by atoms with van der Waals surface area (Å²) in [6.45, 7) is 3.82. The zero-order valence-electron chi connectivity index (χ0n) is 12.8. The van der Waals surface area contributed by atoms with Gasteiger partial charge in [-0.05, 0) is 51.4 Å². The van der Waals surface area contributed by atoms with Gasteiger partial charge in [0.05, 0.1) is 6.54 Å². The van der Waals surface area contributed by atoms with Crippen LogP contribution in [0.3, 0.4) is 0 Å². The molecular weight excluding hydrogens is 250 g/mol. The number of rotatable bonds is 3. The molecule has 3 unspecified atom stereocenters. The van der Waals surface area contributed by atoms with Crippen molar-refractivity contribution in [2.75, 3.05) is 13.1 Å². The topological polar surface area (TPSA) is 49.6 Å². The Labute approximate surface area is 122 Å². The molecule has 3 aliphatic heterocycles. The first-order valence-corrected chi connectivity index (χ1v) is 8.49. The van der Waals surface area contributed by atoms with Crippen LogP contribution in [0.1, 0.15) is 58.3 Å². The summed E-state index contributed by atoms with van der Waals surface area (Å²) < 4.78 is 0. The van der Waals surface area contributed by atoms with Crippen LogP contribution in [0.5, 0.6) is 0 Å². The van der Waals surface area contributed by atoms with Crippen LogP contribution in [0.4, 0.5) is 0 Å². The Balaban J connectivity index is 1.61. The van der Waals surface area contributed by atoms with Crippen LogP contribution in [-0.2, 0) is 4.79 Å². The predicted octanol–water partition coefficient (Wildman–Crippen LogP) is 1.73. The van der Waals surface area contributed by atoms with Crippen molar-refractivity contribution in [3.63, 3.8) is 0 Å². The highest BCUT2D eigenvalue weighted by Gasteiger charge is 2.41. The smallest absolute Gasteiger partial charge is 0.237 e. The molecular formula is C16H29N3O. The molecule has 0 spiro atoms. The molecule has 3 atom stereocenters. The molecule has 1 amide bonds. The number of nitrogens with two attached hydrogens (primary N) is 1. The van der Waals surface area contributed by atoms with Gasteiger partial charge < -0.3 is 10.6 Å². The van der Waals surface area contributed by atoms with E-state index in [0.717, 1.165) is 25.8 Å². The highest BCUT2D eigenvalue weighted by molar-refractivity contribution is 5.78. The Morgan fingerprint density at radius 1 is 1.15 bits per heavy atom. The molecule has 0 radical (unpaired) electrons. The maximum absolute atomic E-state index is 12.7. The number of amides is 1. The molecule has 20 heavy (non-hydrogen) atoms. The standard InChI is InChI=1S/C16H29N3O/c1-2-13-5-3-4-8-18(13)16(20)11-19-14-6-7-15(19)10-12(17)9-14/h12-15H,2-11,17H2,1H3. The molecule has 114 valence electrons. The summed E-state index contributed by atoms with van der Waals surface area (Å²) >= 11 is 0. The zero-order valence-corrected chi connectivity index (χ0v) is 12.8. The number of nitrogens with zero attached hydrogens (tertiary/aromatic N) is 2. The van der Waals surface area contributed by atoms with Crippen molar-refractivity contribution < 1.29 is 4.79 Å². The van der Waals surface area contributed by atoms with Gasteiger partial charge in [0.15, 0.2) is 0 Å². The van der Waals surface area contributed by atoms with E-state index in [4.69, 9.17) is 5.73 Å². The van der Waals surface area contributed by atoms with Crippen LogP contribution < -0.4 is 5.73 Å². The highest BCUT2D eigenvalue weighted by atomic mass is 16.2. The Bertz CT molecular complexity index is 346. The van der Waals surface area contributed by atoms with Gasteiger partial charge in [-0.2, -0.15) is 0 Å². The quantitative estimate of drug-likeness (QED) is 0.856. The van der Waals surface area contributed by atoms with Crippen LogP contribution in [0.15, 0.2) is 0 Å². The normalized spacial score (nSPS) is 38.2. The van der Waals surface area contributed by atoms with Crippen LogP contribution in [0, 0.1) is 0 Å². The third-order valence-electron chi connectivity index (χ3n) is 5.66. The molecule has 0 aromatic carbocycles. The molecule has 0 aliphatic carbocycles. The van der Waals surface area contributed by atoms with Crippen molar-refractivity contribution in [3.05, 3.63) is 0 Å². The fourth-order valence-electron chi connectivity index (χ4n) is 4.57. The average molecular weight is 279 g/mol. The van der Waals surface area contributed by atoms with Gasteiger partial charge in [-0.1, -0.05) is 6.92 Å². The van der Waals surface area contributed by atoms with Gasteiger partial charge in [0, 0.05) is 30.7 Å². The van der Waals surface area contributed by atoms with Gasteiger partial charge in [-0.15, -0.1) is 0 Å². The van der Waals surface area contributed by atoms with E-state index >= 15 is 0 Å². The van der Waals surface area contributed by atoms with Gasteiger partial charge in [0.25, 0.3) is 0 Å². The lowest BCUT2D eigenvalue weighted by molar-refractivity contribution is -0.137. The summed E-state index contributed by atoms with van der Waals surface area (Å²) in [7, 11) is 0. The minimum Gasteiger partial charge on any atom is -0.339 e. The number of hydrogen-bond acceptors (Lipinski definition) is 3. The van der Waals surface area contributed by atoms with Crippen LogP contribution in [0.2, 0.25) is 0 Å². The van der Waals surface area contributed by atoms with Crippen molar-refractivity contribution in [1.82, 2.24) is 9.80 Å². The highest BCUT2D eigenvalue weighted by Crippen LogP contribution is 2.35. The zero-order chi connectivity index (χ0) is 14.1. The van der Waals surface area contributed by atoms with Crippen molar-refractivity contribution in [2.45, 2.75) is 82.5 Å². The Morgan fingerprint density at radius 3 is 2.50 bits per heavy atom. The fourth-order valence-corrected chi connectivity index (χ4v) is 4.57. The maximum atomic E-state index is 12.7. The van der Waals surface area contributed by atoms with E-state index in [1.807, 2.05) is 0 Å². The van der Waals surface area contributed by atoms with E-state index in [0.29, 0.717) is 36.6 Å². The largest absolute Gasteiger partial charge is 0.339 e. The van der Waals surface area contributed by atoms with Gasteiger partial charge >= 0.3 is 0 Å². The summed E-state index contributed by atoms with van der Waals surface area (Å²) in [5.74, 6) is 0.365. The maximum Gasteiger partial charge on any atom is 0.237 e. The Morgan fingerprint density at radius 2 is 1.85 bits per heavy atom. The fraction of sp³-hybridized carbons (Fsp3) is 0.938. The predicted molar refractivity (Wildman–Crippen MR) is 80.4 cm³/mol. The van der Waals surface area contributed by atoms with E-state index in [9.17, 15) is 4.79 Å². The number of piperidine rings is 2. The van der Waals surface area contributed by atoms with Gasteiger partial charge in [0.1, 0.15) is 0 Å². The first kappa shape index (κ1) is 14.3. The number of hydrogen-bond donors (Lipinski definition) is 1. The minimum atomic E-state index is 0.359. The van der Waals surface area contributed by atoms with Crippen LogP contribution in [0.25, 0.3) is 0 Å². The molecule has 3 aliphatic rings. The van der Waals surface area contributed by atoms with Crippen molar-refractivity contribution in [3.8, 4) is 0 Å². The second-order valence-electron chi connectivity index (χ2n) is 6.93. The Hall–Kier alpha value is -0.610. The van der Waals surface area contributed by atoms with Crippen LogP contribution >= 0.6 is 0 Å². The molecule has 2 N–H and O–H groups in total. The number of likely N-dealkylation sites (tertiary alicyclic amines) is 1. The number of fused-ring (bicyclic) bond motifs is 2. The monoisotopic (exact) mass is 279 g/mol. The molecule has 0 saturated carbocycles. The molecule has 4 nitrogen and oxygen atoms in total. The summed E-state index contributed by atoms with van der Waals surface area (Å²) in [5, 5.41) is 0. The number of carbonyl (C=O) groups is 1. The molecule has 3 saturated heterocycles. The van der Waals surface area contributed by atoms with E-state index in [2.05, 4.69) is 16.7 Å². The first-order valence-electron chi connectivity index (χ1n) is 8.49. The molecule has 3 rings (SSSR count). The summed E-state index contributed by atoms with van der Waals surface area (Å²) in [6.07, 6.45) is 9.41. The van der Waals surface area contributed by atoms with Gasteiger partial charge in [-0.3, -0.25) is 9.69 Å². The molecule has 0 aromatic rings. The lowest BCUT2D eigenvalue weighted by Crippen LogP contribution is -2.53. The van der Waals surface area contributed by atoms with Crippen molar-refractivity contribution in [1.29, 1.82) is 0 Å². The second-order valence-corrected chi connectivity index (χ2v) is 6.93. The summed E-state index contributed by atoms with van der Waals surface area (Å²) in [6, 6.07) is 1.98. The summed E-state index contributed by atoms with van der Waals surface area (Å²) in [4.78, 5) is 17.3. The first-order chi connectivity index (χ1) is 9.69. The second kappa shape index (κ2) is 6.02. The SMILES string of the molecule is CCC1CCCCN1C(=O)CN1C2CCC1CC(N)C2. The van der Waals surface area contributed by atoms with Crippen LogP contribution in [-0.4, -0.2) is 53.0 Å². The molecule has 0 aromatic heterocycles. The van der Waals surface area contributed by atoms with E-state index in [-0.39, 0.29) is 0 Å². The lowest BCUT2D eigenvalue weighted by Gasteiger charge is -2.40. The van der Waals surface area contributed by atoms with Crippen molar-refractivity contribution in [2.24, 2.45) is 5.73 Å². The molecule has 2 bridgehead atoms. The van der Waals surface area contributed by atoms with Gasteiger partial charge in [0.2, 0.25) is 5.91 Å². The minimum absolute atomic E-state index is 0.359. The molecule has 3 heterocycles.